The van der Waals surface area contributed by atoms with Crippen molar-refractivity contribution in [3.05, 3.63) is 34.8 Å². The topological polar surface area (TPSA) is 41.0 Å². The molecule has 0 aliphatic carbocycles. The number of thiazole rings is 1. The van der Waals surface area contributed by atoms with Crippen LogP contribution in [0, 0.1) is 0 Å². The summed E-state index contributed by atoms with van der Waals surface area (Å²) >= 11 is 1.72. The predicted molar refractivity (Wildman–Crippen MR) is 73.6 cm³/mol. The monoisotopic (exact) mass is 260 g/mol. The molecule has 1 aliphatic heterocycles. The first-order valence-corrected chi connectivity index (χ1v) is 7.00. The number of hydrogen-bond donors (Lipinski definition) is 1. The van der Waals surface area contributed by atoms with Crippen molar-refractivity contribution in [2.24, 2.45) is 0 Å². The minimum atomic E-state index is 0.390. The largest absolute Gasteiger partial charge is 0.313 e. The molecule has 0 spiro atoms. The predicted octanol–water partition coefficient (Wildman–Crippen LogP) is 1.78. The van der Waals surface area contributed by atoms with Gasteiger partial charge in [0.05, 0.1) is 17.4 Å². The Hall–Kier alpha value is -1.30. The van der Waals surface area contributed by atoms with Crippen molar-refractivity contribution in [3.8, 4) is 11.4 Å². The van der Waals surface area contributed by atoms with Crippen LogP contribution in [-0.2, 0) is 0 Å². The number of hydrogen-bond acceptors (Lipinski definition) is 5. The maximum atomic E-state index is 4.73. The standard InChI is InChI=1S/C13H16N4S/c1-17-7-6-14-8-12(17)13-16-11(9-18-13)10-4-2-3-5-15-10/h2-5,9,12,14H,6-8H2,1H3. The van der Waals surface area contributed by atoms with Crippen LogP contribution in [0.15, 0.2) is 29.8 Å². The number of aromatic nitrogens is 2. The molecule has 2 aromatic heterocycles. The van der Waals surface area contributed by atoms with E-state index in [1.54, 1.807) is 11.3 Å². The highest BCUT2D eigenvalue weighted by Crippen LogP contribution is 2.27. The maximum Gasteiger partial charge on any atom is 0.112 e. The Bertz CT molecular complexity index is 511. The Labute approximate surface area is 111 Å². The van der Waals surface area contributed by atoms with E-state index in [4.69, 9.17) is 4.98 Å². The van der Waals surface area contributed by atoms with Crippen LogP contribution in [0.5, 0.6) is 0 Å². The minimum Gasteiger partial charge on any atom is -0.313 e. The molecule has 1 saturated heterocycles. The summed E-state index contributed by atoms with van der Waals surface area (Å²) in [6.45, 7) is 3.11. The van der Waals surface area contributed by atoms with Gasteiger partial charge in [0, 0.05) is 31.2 Å². The van der Waals surface area contributed by atoms with Crippen LogP contribution in [0.1, 0.15) is 11.0 Å². The molecule has 0 bridgehead atoms. The fourth-order valence-electron chi connectivity index (χ4n) is 2.15. The van der Waals surface area contributed by atoms with Gasteiger partial charge in [-0.05, 0) is 19.2 Å². The van der Waals surface area contributed by atoms with Crippen LogP contribution >= 0.6 is 11.3 Å². The van der Waals surface area contributed by atoms with E-state index in [1.165, 1.54) is 5.01 Å². The normalized spacial score (nSPS) is 21.1. The molecule has 1 N–H and O–H groups in total. The zero-order chi connectivity index (χ0) is 12.4. The highest BCUT2D eigenvalue weighted by atomic mass is 32.1. The summed E-state index contributed by atoms with van der Waals surface area (Å²) in [4.78, 5) is 11.4. The van der Waals surface area contributed by atoms with Crippen LogP contribution in [-0.4, -0.2) is 41.5 Å². The van der Waals surface area contributed by atoms with E-state index in [0.29, 0.717) is 6.04 Å². The number of nitrogens with zero attached hydrogens (tertiary/aromatic N) is 3. The number of nitrogens with one attached hydrogen (secondary N) is 1. The first-order valence-electron chi connectivity index (χ1n) is 6.12. The third kappa shape index (κ3) is 2.29. The molecule has 0 radical (unpaired) electrons. The zero-order valence-corrected chi connectivity index (χ0v) is 11.2. The smallest absolute Gasteiger partial charge is 0.112 e. The molecule has 3 heterocycles. The zero-order valence-electron chi connectivity index (χ0n) is 10.3. The van der Waals surface area contributed by atoms with Crippen LogP contribution in [0.4, 0.5) is 0 Å². The van der Waals surface area contributed by atoms with Gasteiger partial charge in [-0.15, -0.1) is 11.3 Å². The van der Waals surface area contributed by atoms with Crippen molar-refractivity contribution in [2.75, 3.05) is 26.7 Å². The lowest BCUT2D eigenvalue weighted by Crippen LogP contribution is -2.43. The molecule has 3 rings (SSSR count). The summed E-state index contributed by atoms with van der Waals surface area (Å²) in [5.41, 5.74) is 1.93. The van der Waals surface area contributed by atoms with Gasteiger partial charge in [0.1, 0.15) is 5.01 Å². The number of piperazine rings is 1. The van der Waals surface area contributed by atoms with Gasteiger partial charge in [0.2, 0.25) is 0 Å². The molecule has 5 heteroatoms. The van der Waals surface area contributed by atoms with Gasteiger partial charge >= 0.3 is 0 Å². The van der Waals surface area contributed by atoms with E-state index in [-0.39, 0.29) is 0 Å². The fraction of sp³-hybridized carbons (Fsp3) is 0.385. The van der Waals surface area contributed by atoms with E-state index in [2.05, 4.69) is 27.6 Å². The van der Waals surface area contributed by atoms with Gasteiger partial charge in [0.25, 0.3) is 0 Å². The van der Waals surface area contributed by atoms with E-state index in [1.807, 2.05) is 24.4 Å². The lowest BCUT2D eigenvalue weighted by atomic mass is 10.2. The van der Waals surface area contributed by atoms with E-state index in [9.17, 15) is 0 Å². The highest BCUT2D eigenvalue weighted by molar-refractivity contribution is 7.10. The average molecular weight is 260 g/mol. The van der Waals surface area contributed by atoms with Crippen molar-refractivity contribution in [1.82, 2.24) is 20.2 Å². The molecule has 4 nitrogen and oxygen atoms in total. The van der Waals surface area contributed by atoms with E-state index >= 15 is 0 Å². The summed E-state index contributed by atoms with van der Waals surface area (Å²) in [5.74, 6) is 0. The minimum absolute atomic E-state index is 0.390. The number of pyridine rings is 1. The summed E-state index contributed by atoms with van der Waals surface area (Å²) < 4.78 is 0. The van der Waals surface area contributed by atoms with Gasteiger partial charge in [-0.2, -0.15) is 0 Å². The van der Waals surface area contributed by atoms with Crippen LogP contribution < -0.4 is 5.32 Å². The molecule has 1 atom stereocenters. The molecule has 2 aromatic rings. The van der Waals surface area contributed by atoms with Crippen molar-refractivity contribution in [2.45, 2.75) is 6.04 Å². The Morgan fingerprint density at radius 1 is 1.39 bits per heavy atom. The number of rotatable bonds is 2. The first kappa shape index (κ1) is 11.8. The Morgan fingerprint density at radius 2 is 2.33 bits per heavy atom. The molecule has 94 valence electrons. The van der Waals surface area contributed by atoms with E-state index < -0.39 is 0 Å². The fourth-order valence-corrected chi connectivity index (χ4v) is 3.13. The second kappa shape index (κ2) is 5.14. The van der Waals surface area contributed by atoms with Gasteiger partial charge in [0.15, 0.2) is 0 Å². The Kier molecular flexibility index (Phi) is 3.36. The maximum absolute atomic E-state index is 4.73. The lowest BCUT2D eigenvalue weighted by Gasteiger charge is -2.31. The average Bonchev–Trinajstić information content (AvgIpc) is 2.90. The Morgan fingerprint density at radius 3 is 3.11 bits per heavy atom. The molecule has 18 heavy (non-hydrogen) atoms. The lowest BCUT2D eigenvalue weighted by molar-refractivity contribution is 0.202. The van der Waals surface area contributed by atoms with Crippen molar-refractivity contribution in [3.63, 3.8) is 0 Å². The van der Waals surface area contributed by atoms with Crippen LogP contribution in [0.3, 0.4) is 0 Å². The number of likely N-dealkylation sites (N-methyl/N-ethyl adjacent to an activating group) is 1. The molecule has 0 aromatic carbocycles. The highest BCUT2D eigenvalue weighted by Gasteiger charge is 2.23. The quantitative estimate of drug-likeness (QED) is 0.893. The van der Waals surface area contributed by atoms with Crippen molar-refractivity contribution in [1.29, 1.82) is 0 Å². The van der Waals surface area contributed by atoms with Crippen molar-refractivity contribution >= 4 is 11.3 Å². The van der Waals surface area contributed by atoms with Crippen LogP contribution in [0.25, 0.3) is 11.4 Å². The molecule has 1 unspecified atom stereocenters. The SMILES string of the molecule is CN1CCNCC1c1nc(-c2ccccn2)cs1. The van der Waals surface area contributed by atoms with Gasteiger partial charge in [-0.25, -0.2) is 4.98 Å². The molecular weight excluding hydrogens is 244 g/mol. The second-order valence-electron chi connectivity index (χ2n) is 4.49. The molecule has 1 fully saturated rings. The molecule has 0 saturated carbocycles. The molecular formula is C13H16N4S. The molecule has 0 amide bonds. The molecule has 1 aliphatic rings. The Balaban J connectivity index is 1.85. The van der Waals surface area contributed by atoms with Crippen LogP contribution in [0.2, 0.25) is 0 Å². The summed E-state index contributed by atoms with van der Waals surface area (Å²) in [7, 11) is 2.16. The van der Waals surface area contributed by atoms with Gasteiger partial charge in [-0.3, -0.25) is 9.88 Å². The second-order valence-corrected chi connectivity index (χ2v) is 5.38. The summed E-state index contributed by atoms with van der Waals surface area (Å²) in [5, 5.41) is 6.69. The van der Waals surface area contributed by atoms with E-state index in [0.717, 1.165) is 31.0 Å². The van der Waals surface area contributed by atoms with Gasteiger partial charge < -0.3 is 5.32 Å². The third-order valence-corrected chi connectivity index (χ3v) is 4.19. The summed E-state index contributed by atoms with van der Waals surface area (Å²) in [6.07, 6.45) is 1.81. The van der Waals surface area contributed by atoms with Gasteiger partial charge in [-0.1, -0.05) is 6.07 Å². The van der Waals surface area contributed by atoms with Crippen molar-refractivity contribution < 1.29 is 0 Å². The first-order chi connectivity index (χ1) is 8.84. The summed E-state index contributed by atoms with van der Waals surface area (Å²) in [6, 6.07) is 6.31. The third-order valence-electron chi connectivity index (χ3n) is 3.25.